The molecule has 0 saturated carbocycles. The van der Waals surface area contributed by atoms with E-state index in [1.807, 2.05) is 16.8 Å². The molecule has 172 valence electrons. The summed E-state index contributed by atoms with van der Waals surface area (Å²) in [5.74, 6) is -0.603. The van der Waals surface area contributed by atoms with Crippen molar-refractivity contribution in [2.24, 2.45) is 5.14 Å². The summed E-state index contributed by atoms with van der Waals surface area (Å²) >= 11 is 0. The molecule has 0 saturated heterocycles. The van der Waals surface area contributed by atoms with E-state index in [0.29, 0.717) is 18.0 Å². The number of sulfonamides is 1. The standard InChI is InChI=1S/C21H22FN7O3S/c1-32-9-3-8-29-19-7-6-16(10-14(19)12-25-29)26-20-18(22)13-24-21(28-20)27-15-4-2-5-17(11-15)33(23,30)31/h2,4-7,10-13H,3,8-9H2,1H3,(H2,23,30,31)(H2,24,26,27,28). The quantitative estimate of drug-likeness (QED) is 0.317. The first-order valence-corrected chi connectivity index (χ1v) is 11.5. The van der Waals surface area contributed by atoms with Gasteiger partial charge in [0, 0.05) is 37.0 Å². The first-order chi connectivity index (χ1) is 15.8. The van der Waals surface area contributed by atoms with Gasteiger partial charge >= 0.3 is 0 Å². The summed E-state index contributed by atoms with van der Waals surface area (Å²) in [5, 5.41) is 16.2. The number of benzene rings is 2. The Bertz CT molecular complexity index is 1390. The minimum atomic E-state index is -3.86. The van der Waals surface area contributed by atoms with Gasteiger partial charge in [0.25, 0.3) is 0 Å². The van der Waals surface area contributed by atoms with Crippen LogP contribution in [0.3, 0.4) is 0 Å². The number of nitrogens with zero attached hydrogens (tertiary/aromatic N) is 4. The number of hydrogen-bond donors (Lipinski definition) is 3. The third kappa shape index (κ3) is 5.42. The van der Waals surface area contributed by atoms with Gasteiger partial charge in [0.2, 0.25) is 16.0 Å². The van der Waals surface area contributed by atoms with Crippen LogP contribution in [0.2, 0.25) is 0 Å². The van der Waals surface area contributed by atoms with Crippen LogP contribution in [0.1, 0.15) is 6.42 Å². The molecular weight excluding hydrogens is 449 g/mol. The summed E-state index contributed by atoms with van der Waals surface area (Å²) in [6, 6.07) is 11.4. The van der Waals surface area contributed by atoms with Gasteiger partial charge < -0.3 is 15.4 Å². The van der Waals surface area contributed by atoms with Gasteiger partial charge in [-0.3, -0.25) is 4.68 Å². The van der Waals surface area contributed by atoms with Crippen LogP contribution in [0.5, 0.6) is 0 Å². The Hall–Kier alpha value is -3.61. The van der Waals surface area contributed by atoms with Crippen LogP contribution in [-0.2, 0) is 21.3 Å². The molecule has 0 aliphatic rings. The van der Waals surface area contributed by atoms with Crippen molar-refractivity contribution in [3.05, 3.63) is 60.7 Å². The molecule has 4 aromatic rings. The number of primary sulfonamides is 1. The highest BCUT2D eigenvalue weighted by Crippen LogP contribution is 2.24. The summed E-state index contributed by atoms with van der Waals surface area (Å²) in [4.78, 5) is 8.02. The molecule has 33 heavy (non-hydrogen) atoms. The van der Waals surface area contributed by atoms with E-state index in [2.05, 4.69) is 25.7 Å². The maximum absolute atomic E-state index is 14.4. The van der Waals surface area contributed by atoms with Crippen LogP contribution < -0.4 is 15.8 Å². The van der Waals surface area contributed by atoms with Crippen molar-refractivity contribution in [1.29, 1.82) is 0 Å². The Morgan fingerprint density at radius 3 is 2.73 bits per heavy atom. The maximum atomic E-state index is 14.4. The normalized spacial score (nSPS) is 11.6. The van der Waals surface area contributed by atoms with E-state index in [9.17, 15) is 12.8 Å². The van der Waals surface area contributed by atoms with E-state index < -0.39 is 15.8 Å². The van der Waals surface area contributed by atoms with Crippen molar-refractivity contribution in [2.75, 3.05) is 24.4 Å². The van der Waals surface area contributed by atoms with E-state index in [-0.39, 0.29) is 16.7 Å². The summed E-state index contributed by atoms with van der Waals surface area (Å²) in [5.41, 5.74) is 1.97. The van der Waals surface area contributed by atoms with Gasteiger partial charge in [-0.25, -0.2) is 22.9 Å². The van der Waals surface area contributed by atoms with Gasteiger partial charge in [0.05, 0.1) is 22.8 Å². The lowest BCUT2D eigenvalue weighted by atomic mass is 10.2. The van der Waals surface area contributed by atoms with E-state index in [1.54, 1.807) is 25.4 Å². The molecular formula is C21H22FN7O3S. The van der Waals surface area contributed by atoms with Crippen molar-refractivity contribution in [3.63, 3.8) is 0 Å². The van der Waals surface area contributed by atoms with Crippen molar-refractivity contribution in [1.82, 2.24) is 19.7 Å². The molecule has 2 aromatic carbocycles. The molecule has 0 radical (unpaired) electrons. The number of aromatic nitrogens is 4. The summed E-state index contributed by atoms with van der Waals surface area (Å²) in [6.45, 7) is 1.38. The number of aryl methyl sites for hydroxylation is 1. The molecule has 2 aromatic heterocycles. The second kappa shape index (κ2) is 9.48. The van der Waals surface area contributed by atoms with Crippen molar-refractivity contribution in [2.45, 2.75) is 17.9 Å². The lowest BCUT2D eigenvalue weighted by Gasteiger charge is -2.10. The zero-order valence-electron chi connectivity index (χ0n) is 17.7. The van der Waals surface area contributed by atoms with E-state index >= 15 is 0 Å². The monoisotopic (exact) mass is 471 g/mol. The number of ether oxygens (including phenoxy) is 1. The molecule has 2 heterocycles. The van der Waals surface area contributed by atoms with Gasteiger partial charge in [-0.15, -0.1) is 0 Å². The number of rotatable bonds is 9. The Balaban J connectivity index is 1.53. The average Bonchev–Trinajstić information content (AvgIpc) is 3.18. The largest absolute Gasteiger partial charge is 0.385 e. The van der Waals surface area contributed by atoms with Crippen LogP contribution in [0.25, 0.3) is 10.9 Å². The predicted molar refractivity (Wildman–Crippen MR) is 123 cm³/mol. The fourth-order valence-electron chi connectivity index (χ4n) is 3.23. The molecule has 0 amide bonds. The van der Waals surface area contributed by atoms with Crippen LogP contribution in [-0.4, -0.2) is 41.9 Å². The first-order valence-electron chi connectivity index (χ1n) is 9.97. The number of methoxy groups -OCH3 is 1. The fourth-order valence-corrected chi connectivity index (χ4v) is 3.79. The van der Waals surface area contributed by atoms with Gasteiger partial charge in [-0.2, -0.15) is 10.1 Å². The van der Waals surface area contributed by atoms with Gasteiger partial charge in [0.1, 0.15) is 0 Å². The molecule has 0 bridgehead atoms. The molecule has 10 nitrogen and oxygen atoms in total. The summed E-state index contributed by atoms with van der Waals surface area (Å²) in [6.07, 6.45) is 3.61. The lowest BCUT2D eigenvalue weighted by molar-refractivity contribution is 0.189. The molecule has 0 aliphatic heterocycles. The Kier molecular flexibility index (Phi) is 6.49. The lowest BCUT2D eigenvalue weighted by Crippen LogP contribution is -2.12. The SMILES string of the molecule is COCCCn1ncc2cc(Nc3nc(Nc4cccc(S(N)(=O)=O)c4)ncc3F)ccc21. The second-order valence-corrected chi connectivity index (χ2v) is 8.76. The van der Waals surface area contributed by atoms with E-state index in [4.69, 9.17) is 9.88 Å². The molecule has 0 spiro atoms. The van der Waals surface area contributed by atoms with Crippen LogP contribution in [0, 0.1) is 5.82 Å². The molecule has 4 N–H and O–H groups in total. The number of nitrogens with two attached hydrogens (primary N) is 1. The highest BCUT2D eigenvalue weighted by molar-refractivity contribution is 7.89. The summed E-state index contributed by atoms with van der Waals surface area (Å²) in [7, 11) is -2.20. The third-order valence-corrected chi connectivity index (χ3v) is 5.70. The van der Waals surface area contributed by atoms with Crippen LogP contribution in [0.15, 0.2) is 59.8 Å². The fraction of sp³-hybridized carbons (Fsp3) is 0.190. The van der Waals surface area contributed by atoms with E-state index in [1.165, 1.54) is 18.2 Å². The maximum Gasteiger partial charge on any atom is 0.238 e. The topological polar surface area (TPSA) is 137 Å². The Morgan fingerprint density at radius 1 is 1.12 bits per heavy atom. The minimum absolute atomic E-state index is 0.0399. The van der Waals surface area contributed by atoms with Gasteiger partial charge in [-0.05, 0) is 42.8 Å². The van der Waals surface area contributed by atoms with Crippen molar-refractivity contribution < 1.29 is 17.5 Å². The molecule has 0 fully saturated rings. The van der Waals surface area contributed by atoms with Crippen LogP contribution >= 0.6 is 0 Å². The van der Waals surface area contributed by atoms with Gasteiger partial charge in [0.15, 0.2) is 11.6 Å². The number of nitrogens with one attached hydrogen (secondary N) is 2. The third-order valence-electron chi connectivity index (χ3n) is 4.79. The van der Waals surface area contributed by atoms with Gasteiger partial charge in [-0.1, -0.05) is 6.07 Å². The molecule has 0 aliphatic carbocycles. The smallest absolute Gasteiger partial charge is 0.238 e. The number of hydrogen-bond acceptors (Lipinski definition) is 8. The average molecular weight is 472 g/mol. The van der Waals surface area contributed by atoms with Crippen molar-refractivity contribution in [3.8, 4) is 0 Å². The van der Waals surface area contributed by atoms with Crippen LogP contribution in [0.4, 0.5) is 27.5 Å². The zero-order valence-corrected chi connectivity index (χ0v) is 18.5. The molecule has 0 atom stereocenters. The highest BCUT2D eigenvalue weighted by Gasteiger charge is 2.12. The van der Waals surface area contributed by atoms with Crippen molar-refractivity contribution >= 4 is 44.1 Å². The van der Waals surface area contributed by atoms with E-state index in [0.717, 1.165) is 30.1 Å². The predicted octanol–water partition coefficient (Wildman–Crippen LogP) is 3.14. The minimum Gasteiger partial charge on any atom is -0.385 e. The Labute approximate surface area is 189 Å². The molecule has 0 unspecified atom stereocenters. The number of fused-ring (bicyclic) bond motifs is 1. The molecule has 12 heteroatoms. The number of anilines is 4. The second-order valence-electron chi connectivity index (χ2n) is 7.20. The highest BCUT2D eigenvalue weighted by atomic mass is 32.2. The first kappa shape index (κ1) is 22.6. The molecule has 4 rings (SSSR count). The Morgan fingerprint density at radius 2 is 1.94 bits per heavy atom. The zero-order chi connectivity index (χ0) is 23.4. The summed E-state index contributed by atoms with van der Waals surface area (Å²) < 4.78 is 44.4. The number of halogens is 1.